The van der Waals surface area contributed by atoms with Crippen LogP contribution in [-0.4, -0.2) is 11.6 Å². The Morgan fingerprint density at radius 2 is 1.65 bits per heavy atom. The van der Waals surface area contributed by atoms with Crippen LogP contribution >= 0.6 is 0 Å². The van der Waals surface area contributed by atoms with E-state index in [9.17, 15) is 9.59 Å². The Labute approximate surface area is 104 Å². The summed E-state index contributed by atoms with van der Waals surface area (Å²) >= 11 is 0. The number of hydrogen-bond donors (Lipinski definition) is 0. The van der Waals surface area contributed by atoms with Gasteiger partial charge in [-0.15, -0.1) is 0 Å². The standard InChI is InChI=1S/C15H24O2/c1-9-6-15(8-14(9)12(4)17)7-13(11(3)16)5-10(15)2/h9-10,13-14H,5-8H2,1-4H3. The molecule has 2 nitrogen and oxygen atoms in total. The Kier molecular flexibility index (Phi) is 3.17. The van der Waals surface area contributed by atoms with E-state index < -0.39 is 0 Å². The molecule has 2 heteroatoms. The molecule has 0 heterocycles. The van der Waals surface area contributed by atoms with E-state index in [-0.39, 0.29) is 17.3 Å². The Balaban J connectivity index is 2.17. The van der Waals surface area contributed by atoms with Crippen LogP contribution in [0.4, 0.5) is 0 Å². The molecule has 0 bridgehead atoms. The number of rotatable bonds is 2. The van der Waals surface area contributed by atoms with E-state index in [1.54, 1.807) is 13.8 Å². The molecule has 2 aliphatic rings. The average Bonchev–Trinajstić information content (AvgIpc) is 2.70. The van der Waals surface area contributed by atoms with Gasteiger partial charge in [0.15, 0.2) is 0 Å². The fraction of sp³-hybridized carbons (Fsp3) is 0.867. The van der Waals surface area contributed by atoms with Crippen molar-refractivity contribution in [3.63, 3.8) is 0 Å². The fourth-order valence-corrected chi connectivity index (χ4v) is 4.38. The van der Waals surface area contributed by atoms with Crippen LogP contribution in [0.5, 0.6) is 0 Å². The molecule has 0 aromatic heterocycles. The molecule has 0 aromatic carbocycles. The number of carbonyl (C=O) groups is 2. The normalized spacial score (nSPS) is 45.4. The van der Waals surface area contributed by atoms with Gasteiger partial charge in [-0.05, 0) is 56.8 Å². The molecule has 17 heavy (non-hydrogen) atoms. The zero-order chi connectivity index (χ0) is 12.8. The molecule has 2 saturated carbocycles. The maximum atomic E-state index is 11.7. The molecule has 5 unspecified atom stereocenters. The zero-order valence-corrected chi connectivity index (χ0v) is 11.5. The lowest BCUT2D eigenvalue weighted by atomic mass is 9.76. The van der Waals surface area contributed by atoms with Crippen molar-refractivity contribution >= 4 is 11.6 Å². The second-order valence-corrected chi connectivity index (χ2v) is 6.61. The van der Waals surface area contributed by atoms with Crippen LogP contribution in [0.25, 0.3) is 0 Å². The number of carbonyl (C=O) groups excluding carboxylic acids is 2. The third-order valence-corrected chi connectivity index (χ3v) is 5.48. The van der Waals surface area contributed by atoms with Crippen molar-refractivity contribution in [1.29, 1.82) is 0 Å². The van der Waals surface area contributed by atoms with Gasteiger partial charge in [0.1, 0.15) is 11.6 Å². The minimum Gasteiger partial charge on any atom is -0.300 e. The van der Waals surface area contributed by atoms with Crippen molar-refractivity contribution in [2.24, 2.45) is 29.1 Å². The first-order chi connectivity index (χ1) is 7.85. The average molecular weight is 236 g/mol. The minimum atomic E-state index is 0.239. The fourth-order valence-electron chi connectivity index (χ4n) is 4.38. The summed E-state index contributed by atoms with van der Waals surface area (Å²) in [7, 11) is 0. The quantitative estimate of drug-likeness (QED) is 0.737. The lowest BCUT2D eigenvalue weighted by Gasteiger charge is -2.29. The van der Waals surface area contributed by atoms with Gasteiger partial charge in [0.2, 0.25) is 0 Å². The largest absolute Gasteiger partial charge is 0.300 e. The topological polar surface area (TPSA) is 34.1 Å². The van der Waals surface area contributed by atoms with Crippen molar-refractivity contribution in [3.8, 4) is 0 Å². The van der Waals surface area contributed by atoms with E-state index in [0.717, 1.165) is 25.7 Å². The van der Waals surface area contributed by atoms with Gasteiger partial charge in [0, 0.05) is 11.8 Å². The molecule has 0 aliphatic heterocycles. The summed E-state index contributed by atoms with van der Waals surface area (Å²) < 4.78 is 0. The first-order valence-corrected chi connectivity index (χ1v) is 6.86. The van der Waals surface area contributed by atoms with Crippen molar-refractivity contribution < 1.29 is 9.59 Å². The van der Waals surface area contributed by atoms with E-state index in [1.807, 2.05) is 0 Å². The molecular weight excluding hydrogens is 212 g/mol. The lowest BCUT2D eigenvalue weighted by molar-refractivity contribution is -0.121. The van der Waals surface area contributed by atoms with Gasteiger partial charge >= 0.3 is 0 Å². The van der Waals surface area contributed by atoms with Crippen LogP contribution in [0.3, 0.4) is 0 Å². The molecule has 2 rings (SSSR count). The highest BCUT2D eigenvalue weighted by Gasteiger charge is 2.53. The molecule has 1 spiro atoms. The van der Waals surface area contributed by atoms with Crippen LogP contribution in [0, 0.1) is 29.1 Å². The summed E-state index contributed by atoms with van der Waals surface area (Å²) in [5, 5.41) is 0. The third kappa shape index (κ3) is 2.07. The van der Waals surface area contributed by atoms with Gasteiger partial charge in [0.25, 0.3) is 0 Å². The second-order valence-electron chi connectivity index (χ2n) is 6.61. The summed E-state index contributed by atoms with van der Waals surface area (Å²) in [6.45, 7) is 7.92. The summed E-state index contributed by atoms with van der Waals surface area (Å²) in [6.07, 6.45) is 4.22. The zero-order valence-electron chi connectivity index (χ0n) is 11.5. The number of hydrogen-bond acceptors (Lipinski definition) is 2. The van der Waals surface area contributed by atoms with Crippen LogP contribution in [0.15, 0.2) is 0 Å². The highest BCUT2D eigenvalue weighted by molar-refractivity contribution is 5.80. The molecule has 0 saturated heterocycles. The number of ketones is 2. The first kappa shape index (κ1) is 12.8. The Hall–Kier alpha value is -0.660. The summed E-state index contributed by atoms with van der Waals surface area (Å²) in [4.78, 5) is 23.2. The molecule has 96 valence electrons. The molecule has 0 aromatic rings. The summed E-state index contributed by atoms with van der Waals surface area (Å²) in [6, 6.07) is 0. The molecule has 5 atom stereocenters. The molecule has 2 aliphatic carbocycles. The Bertz CT molecular complexity index is 347. The van der Waals surface area contributed by atoms with Gasteiger partial charge in [0.05, 0.1) is 0 Å². The van der Waals surface area contributed by atoms with Crippen molar-refractivity contribution in [2.75, 3.05) is 0 Å². The monoisotopic (exact) mass is 236 g/mol. The van der Waals surface area contributed by atoms with Crippen molar-refractivity contribution in [3.05, 3.63) is 0 Å². The SMILES string of the molecule is CC(=O)C1CC(C)C2(C1)CC(C)C(C(C)=O)C2. The second kappa shape index (κ2) is 4.22. The highest BCUT2D eigenvalue weighted by Crippen LogP contribution is 2.59. The Morgan fingerprint density at radius 1 is 1.00 bits per heavy atom. The smallest absolute Gasteiger partial charge is 0.133 e. The van der Waals surface area contributed by atoms with E-state index in [1.165, 1.54) is 0 Å². The van der Waals surface area contributed by atoms with Gasteiger partial charge in [-0.25, -0.2) is 0 Å². The number of Topliss-reactive ketones (excluding diaryl/α,β-unsaturated/α-hetero) is 2. The molecule has 0 radical (unpaired) electrons. The van der Waals surface area contributed by atoms with E-state index >= 15 is 0 Å². The van der Waals surface area contributed by atoms with Crippen LogP contribution < -0.4 is 0 Å². The molecule has 0 N–H and O–H groups in total. The van der Waals surface area contributed by atoms with E-state index in [4.69, 9.17) is 0 Å². The van der Waals surface area contributed by atoms with Crippen molar-refractivity contribution in [1.82, 2.24) is 0 Å². The van der Waals surface area contributed by atoms with Crippen LogP contribution in [-0.2, 0) is 9.59 Å². The van der Waals surface area contributed by atoms with Crippen LogP contribution in [0.1, 0.15) is 53.4 Å². The van der Waals surface area contributed by atoms with Gasteiger partial charge in [-0.2, -0.15) is 0 Å². The van der Waals surface area contributed by atoms with Gasteiger partial charge in [-0.1, -0.05) is 13.8 Å². The third-order valence-electron chi connectivity index (χ3n) is 5.48. The predicted molar refractivity (Wildman–Crippen MR) is 67.6 cm³/mol. The molecular formula is C15H24O2. The van der Waals surface area contributed by atoms with E-state index in [0.29, 0.717) is 23.4 Å². The van der Waals surface area contributed by atoms with Gasteiger partial charge in [-0.3, -0.25) is 9.59 Å². The highest BCUT2D eigenvalue weighted by atomic mass is 16.1. The van der Waals surface area contributed by atoms with Gasteiger partial charge < -0.3 is 0 Å². The predicted octanol–water partition coefficient (Wildman–Crippen LogP) is 3.24. The summed E-state index contributed by atoms with van der Waals surface area (Å²) in [5.41, 5.74) is 0.284. The molecule has 2 fully saturated rings. The minimum absolute atomic E-state index is 0.239. The summed E-state index contributed by atoms with van der Waals surface area (Å²) in [5.74, 6) is 2.27. The van der Waals surface area contributed by atoms with E-state index in [2.05, 4.69) is 13.8 Å². The maximum Gasteiger partial charge on any atom is 0.133 e. The van der Waals surface area contributed by atoms with Crippen LogP contribution in [0.2, 0.25) is 0 Å². The lowest BCUT2D eigenvalue weighted by Crippen LogP contribution is -2.21. The first-order valence-electron chi connectivity index (χ1n) is 6.86. The Morgan fingerprint density at radius 3 is 2.06 bits per heavy atom. The van der Waals surface area contributed by atoms with Crippen molar-refractivity contribution in [2.45, 2.75) is 53.4 Å². The maximum absolute atomic E-state index is 11.7. The molecule has 0 amide bonds.